The van der Waals surface area contributed by atoms with Crippen LogP contribution in [0.1, 0.15) is 51.9 Å². The molecule has 300 valence electrons. The second-order valence-electron chi connectivity index (χ2n) is 11.6. The maximum absolute atomic E-state index is 5.79. The fourth-order valence-corrected chi connectivity index (χ4v) is 4.56. The molecule has 50 heavy (non-hydrogen) atoms. The first-order chi connectivity index (χ1) is 24.9. The molecule has 1 heterocycles. The molecule has 14 heteroatoms. The molecular formula is C36H73NO13. The van der Waals surface area contributed by atoms with Gasteiger partial charge in [0.25, 0.3) is 0 Å². The molecule has 0 radical (unpaired) electrons. The summed E-state index contributed by atoms with van der Waals surface area (Å²) in [5.74, 6) is 0. The molecule has 14 nitrogen and oxygen atoms in total. The molecule has 1 rings (SSSR count). The van der Waals surface area contributed by atoms with Crippen molar-refractivity contribution in [1.82, 2.24) is 5.32 Å². The van der Waals surface area contributed by atoms with Crippen molar-refractivity contribution in [3.63, 3.8) is 0 Å². The van der Waals surface area contributed by atoms with Crippen LogP contribution < -0.4 is 5.32 Å². The minimum atomic E-state index is 0.372. The van der Waals surface area contributed by atoms with Crippen molar-refractivity contribution >= 4 is 0 Å². The minimum Gasteiger partial charge on any atom is -0.379 e. The van der Waals surface area contributed by atoms with Gasteiger partial charge < -0.3 is 66.9 Å². The molecule has 0 spiro atoms. The number of unbranched alkanes of at least 4 members (excludes halogenated alkanes) is 4. The van der Waals surface area contributed by atoms with Gasteiger partial charge in [0.1, 0.15) is 0 Å². The molecule has 1 N–H and O–H groups in total. The lowest BCUT2D eigenvalue weighted by molar-refractivity contribution is -0.0327. The first kappa shape index (κ1) is 47.5. The third-order valence-electron chi connectivity index (χ3n) is 7.35. The first-order valence-corrected chi connectivity index (χ1v) is 19.2. The number of ether oxygens (including phenoxy) is 13. The highest BCUT2D eigenvalue weighted by atomic mass is 16.6. The van der Waals surface area contributed by atoms with E-state index >= 15 is 0 Å². The Hall–Kier alpha value is -0.560. The zero-order chi connectivity index (χ0) is 35.5. The second kappa shape index (κ2) is 42.8. The topological polar surface area (TPSA) is 132 Å². The van der Waals surface area contributed by atoms with Crippen LogP contribution in [0.25, 0.3) is 0 Å². The molecule has 1 aliphatic rings. The Morgan fingerprint density at radius 1 is 0.320 bits per heavy atom. The van der Waals surface area contributed by atoms with Gasteiger partial charge in [-0.25, -0.2) is 0 Å². The van der Waals surface area contributed by atoms with Gasteiger partial charge in [-0.1, -0.05) is 32.6 Å². The summed E-state index contributed by atoms with van der Waals surface area (Å²) in [7, 11) is 0. The van der Waals surface area contributed by atoms with E-state index in [4.69, 9.17) is 61.6 Å². The van der Waals surface area contributed by atoms with E-state index < -0.39 is 0 Å². The molecule has 1 aliphatic heterocycles. The van der Waals surface area contributed by atoms with Crippen LogP contribution in [0.4, 0.5) is 0 Å². The van der Waals surface area contributed by atoms with Crippen molar-refractivity contribution in [3.8, 4) is 0 Å². The van der Waals surface area contributed by atoms with E-state index in [1.165, 1.54) is 25.7 Å². The lowest BCUT2D eigenvalue weighted by Crippen LogP contribution is -2.33. The first-order valence-electron chi connectivity index (χ1n) is 19.2. The van der Waals surface area contributed by atoms with Crippen LogP contribution in [0, 0.1) is 0 Å². The van der Waals surface area contributed by atoms with Gasteiger partial charge in [-0.15, -0.1) is 0 Å². The fourth-order valence-electron chi connectivity index (χ4n) is 4.56. The summed E-state index contributed by atoms with van der Waals surface area (Å²) < 4.78 is 71.9. The fraction of sp³-hybridized carbons (Fsp3) is 1.00. The van der Waals surface area contributed by atoms with Crippen molar-refractivity contribution in [1.29, 1.82) is 0 Å². The van der Waals surface area contributed by atoms with Crippen LogP contribution in [-0.4, -0.2) is 184 Å². The summed E-state index contributed by atoms with van der Waals surface area (Å²) in [5, 5.41) is 3.33. The zero-order valence-electron chi connectivity index (χ0n) is 31.4. The third kappa shape index (κ3) is 38.7. The van der Waals surface area contributed by atoms with Crippen LogP contribution in [0.2, 0.25) is 0 Å². The molecule has 1 saturated heterocycles. The smallest absolute Gasteiger partial charge is 0.0704 e. The molecule has 1 fully saturated rings. The predicted molar refractivity (Wildman–Crippen MR) is 190 cm³/mol. The van der Waals surface area contributed by atoms with E-state index in [1.807, 2.05) is 0 Å². The summed E-state index contributed by atoms with van der Waals surface area (Å²) >= 11 is 0. The molecule has 0 saturated carbocycles. The Labute approximate surface area is 303 Å². The van der Waals surface area contributed by atoms with E-state index in [-0.39, 0.29) is 0 Å². The van der Waals surface area contributed by atoms with Gasteiger partial charge in [-0.2, -0.15) is 0 Å². The van der Waals surface area contributed by atoms with E-state index in [2.05, 4.69) is 12.2 Å². The van der Waals surface area contributed by atoms with Gasteiger partial charge in [-0.05, 0) is 32.4 Å². The molecule has 0 amide bonds. The van der Waals surface area contributed by atoms with Crippen molar-refractivity contribution in [2.24, 2.45) is 0 Å². The molecule has 0 atom stereocenters. The minimum absolute atomic E-state index is 0.372. The van der Waals surface area contributed by atoms with Crippen molar-refractivity contribution < 1.29 is 61.6 Å². The highest BCUT2D eigenvalue weighted by molar-refractivity contribution is 4.67. The zero-order valence-corrected chi connectivity index (χ0v) is 31.4. The Balaban J connectivity index is 1.59. The van der Waals surface area contributed by atoms with Crippen LogP contribution in [0.15, 0.2) is 0 Å². The molecular weight excluding hydrogens is 654 g/mol. The number of hydrogen-bond donors (Lipinski definition) is 1. The number of nitrogens with one attached hydrogen (secondary N) is 1. The van der Waals surface area contributed by atoms with Gasteiger partial charge in [0, 0.05) is 6.61 Å². The van der Waals surface area contributed by atoms with Crippen LogP contribution in [-0.2, 0) is 61.6 Å². The van der Waals surface area contributed by atoms with Crippen molar-refractivity contribution in [2.45, 2.75) is 58.0 Å². The molecule has 0 aromatic rings. The number of rotatable bonds is 43. The quantitative estimate of drug-likeness (QED) is 0.0924. The second-order valence-corrected chi connectivity index (χ2v) is 11.6. The van der Waals surface area contributed by atoms with Gasteiger partial charge in [0.05, 0.1) is 165 Å². The predicted octanol–water partition coefficient (Wildman–Crippen LogP) is 2.92. The van der Waals surface area contributed by atoms with E-state index in [0.717, 1.165) is 39.0 Å². The number of hydrogen-bond acceptors (Lipinski definition) is 14. The van der Waals surface area contributed by atoms with E-state index in [0.29, 0.717) is 165 Å². The highest BCUT2D eigenvalue weighted by Gasteiger charge is 2.12. The van der Waals surface area contributed by atoms with Crippen LogP contribution in [0.5, 0.6) is 0 Å². The summed E-state index contributed by atoms with van der Waals surface area (Å²) in [4.78, 5) is 0. The summed E-state index contributed by atoms with van der Waals surface area (Å²) in [5.41, 5.74) is 0. The molecule has 0 unspecified atom stereocenters. The Morgan fingerprint density at radius 3 is 0.880 bits per heavy atom. The normalized spacial score (nSPS) is 13.9. The Bertz CT molecular complexity index is 621. The standard InChI is InChI=1S/C36H73NO13/c1-2-3-4-5-6-11-38-12-13-39-14-15-40-16-17-41-18-19-42-20-21-43-22-23-44-24-25-45-26-27-46-28-29-47-30-31-48-32-33-49-34-35-50-36-7-9-37-10-8-36/h36-37H,2-35H2,1H3. The molecule has 0 bridgehead atoms. The maximum atomic E-state index is 5.79. The average molecular weight is 728 g/mol. The van der Waals surface area contributed by atoms with E-state index in [1.54, 1.807) is 0 Å². The summed E-state index contributed by atoms with van der Waals surface area (Å²) in [6, 6.07) is 0. The molecule has 0 aromatic carbocycles. The van der Waals surface area contributed by atoms with Crippen LogP contribution in [0.3, 0.4) is 0 Å². The van der Waals surface area contributed by atoms with E-state index in [9.17, 15) is 0 Å². The maximum Gasteiger partial charge on any atom is 0.0704 e. The number of piperidine rings is 1. The Morgan fingerprint density at radius 2 is 0.580 bits per heavy atom. The van der Waals surface area contributed by atoms with Gasteiger partial charge in [0.2, 0.25) is 0 Å². The van der Waals surface area contributed by atoms with Gasteiger partial charge in [0.15, 0.2) is 0 Å². The van der Waals surface area contributed by atoms with Crippen LogP contribution >= 0.6 is 0 Å². The summed E-state index contributed by atoms with van der Waals surface area (Å²) in [6.45, 7) is 18.3. The SMILES string of the molecule is CCCCCCCOCCOCCOCCOCCOCCOCCOCCOCCOCCOCCOCCOCCOC1CCNCC1. The van der Waals surface area contributed by atoms with Gasteiger partial charge >= 0.3 is 0 Å². The lowest BCUT2D eigenvalue weighted by Gasteiger charge is -2.22. The average Bonchev–Trinajstić information content (AvgIpc) is 3.14. The largest absolute Gasteiger partial charge is 0.379 e. The Kier molecular flexibility index (Phi) is 40.7. The highest BCUT2D eigenvalue weighted by Crippen LogP contribution is 2.06. The summed E-state index contributed by atoms with van der Waals surface area (Å²) in [6.07, 6.45) is 8.81. The lowest BCUT2D eigenvalue weighted by atomic mass is 10.1. The van der Waals surface area contributed by atoms with Crippen molar-refractivity contribution in [3.05, 3.63) is 0 Å². The molecule has 0 aromatic heterocycles. The third-order valence-corrected chi connectivity index (χ3v) is 7.35. The van der Waals surface area contributed by atoms with Crippen molar-refractivity contribution in [2.75, 3.05) is 178 Å². The monoisotopic (exact) mass is 728 g/mol. The molecule has 0 aliphatic carbocycles. The van der Waals surface area contributed by atoms with Gasteiger partial charge in [-0.3, -0.25) is 0 Å².